The van der Waals surface area contributed by atoms with Crippen molar-refractivity contribution >= 4 is 11.8 Å². The van der Waals surface area contributed by atoms with E-state index in [9.17, 15) is 0 Å². The molecule has 0 aromatic rings. The van der Waals surface area contributed by atoms with Crippen LogP contribution < -0.4 is 5.32 Å². The van der Waals surface area contributed by atoms with E-state index in [1.165, 1.54) is 58.0 Å². The lowest BCUT2D eigenvalue weighted by molar-refractivity contribution is 0.484. The third kappa shape index (κ3) is 6.80. The third-order valence-corrected chi connectivity index (χ3v) is 5.21. The standard InChI is InChI=1S/C14H31NS/c1-5-8-9-10-11-12-15-13-14(6-2,7-3)16-4/h15H,5-13H2,1-4H3. The zero-order valence-electron chi connectivity index (χ0n) is 11.8. The van der Waals surface area contributed by atoms with Crippen LogP contribution in [0.25, 0.3) is 0 Å². The first-order valence-corrected chi connectivity index (χ1v) is 8.23. The molecule has 0 amide bonds. The lowest BCUT2D eigenvalue weighted by Crippen LogP contribution is -2.37. The molecular weight excluding hydrogens is 214 g/mol. The van der Waals surface area contributed by atoms with Crippen LogP contribution in [0.1, 0.15) is 65.7 Å². The fourth-order valence-corrected chi connectivity index (χ4v) is 2.85. The molecule has 0 aromatic carbocycles. The average molecular weight is 245 g/mol. The van der Waals surface area contributed by atoms with Crippen molar-refractivity contribution in [2.75, 3.05) is 19.3 Å². The summed E-state index contributed by atoms with van der Waals surface area (Å²) in [6.07, 6.45) is 11.7. The summed E-state index contributed by atoms with van der Waals surface area (Å²) in [7, 11) is 0. The lowest BCUT2D eigenvalue weighted by Gasteiger charge is -2.30. The highest BCUT2D eigenvalue weighted by molar-refractivity contribution is 8.00. The summed E-state index contributed by atoms with van der Waals surface area (Å²) in [5.74, 6) is 0. The molecule has 1 N–H and O–H groups in total. The monoisotopic (exact) mass is 245 g/mol. The fourth-order valence-electron chi connectivity index (χ4n) is 2.03. The van der Waals surface area contributed by atoms with Crippen molar-refractivity contribution in [3.05, 3.63) is 0 Å². The summed E-state index contributed by atoms with van der Waals surface area (Å²) in [5.41, 5.74) is 0. The first-order chi connectivity index (χ1) is 7.74. The molecule has 1 nitrogen and oxygen atoms in total. The Morgan fingerprint density at radius 1 is 0.938 bits per heavy atom. The summed E-state index contributed by atoms with van der Waals surface area (Å²) in [5, 5.41) is 3.64. The van der Waals surface area contributed by atoms with Crippen LogP contribution in [-0.2, 0) is 0 Å². The molecule has 0 heterocycles. The molecule has 0 unspecified atom stereocenters. The summed E-state index contributed by atoms with van der Waals surface area (Å²) < 4.78 is 0.476. The van der Waals surface area contributed by atoms with E-state index >= 15 is 0 Å². The number of rotatable bonds is 11. The van der Waals surface area contributed by atoms with Crippen LogP contribution in [0.4, 0.5) is 0 Å². The molecule has 0 aliphatic heterocycles. The lowest BCUT2D eigenvalue weighted by atomic mass is 10.0. The van der Waals surface area contributed by atoms with Crippen molar-refractivity contribution in [2.24, 2.45) is 0 Å². The van der Waals surface area contributed by atoms with E-state index in [4.69, 9.17) is 0 Å². The fraction of sp³-hybridized carbons (Fsp3) is 1.00. The van der Waals surface area contributed by atoms with Gasteiger partial charge >= 0.3 is 0 Å². The molecule has 2 heteroatoms. The van der Waals surface area contributed by atoms with Gasteiger partial charge in [-0.1, -0.05) is 46.5 Å². The van der Waals surface area contributed by atoms with Crippen LogP contribution in [-0.4, -0.2) is 24.1 Å². The van der Waals surface area contributed by atoms with Gasteiger partial charge in [-0.2, -0.15) is 11.8 Å². The Morgan fingerprint density at radius 3 is 2.06 bits per heavy atom. The maximum absolute atomic E-state index is 3.64. The van der Waals surface area contributed by atoms with Crippen molar-refractivity contribution in [1.29, 1.82) is 0 Å². The molecule has 0 saturated carbocycles. The van der Waals surface area contributed by atoms with E-state index in [0.29, 0.717) is 4.75 Å². The van der Waals surface area contributed by atoms with E-state index in [2.05, 4.69) is 32.3 Å². The van der Waals surface area contributed by atoms with Gasteiger partial charge in [0.2, 0.25) is 0 Å². The van der Waals surface area contributed by atoms with Gasteiger partial charge in [0.25, 0.3) is 0 Å². The third-order valence-electron chi connectivity index (χ3n) is 3.63. The van der Waals surface area contributed by atoms with Gasteiger partial charge < -0.3 is 5.32 Å². The Kier molecular flexibility index (Phi) is 10.7. The van der Waals surface area contributed by atoms with Gasteiger partial charge in [0.1, 0.15) is 0 Å². The van der Waals surface area contributed by atoms with Crippen molar-refractivity contribution in [1.82, 2.24) is 5.32 Å². The molecule has 0 aromatic heterocycles. The second-order valence-corrected chi connectivity index (χ2v) is 5.96. The van der Waals surface area contributed by atoms with Crippen LogP contribution in [0, 0.1) is 0 Å². The van der Waals surface area contributed by atoms with Gasteiger partial charge in [0.05, 0.1) is 0 Å². The highest BCUT2D eigenvalue weighted by Gasteiger charge is 2.23. The number of hydrogen-bond acceptors (Lipinski definition) is 2. The van der Waals surface area contributed by atoms with Gasteiger partial charge in [0.15, 0.2) is 0 Å². The Bertz CT molecular complexity index is 135. The Hall–Kier alpha value is 0.310. The summed E-state index contributed by atoms with van der Waals surface area (Å²) >= 11 is 2.03. The van der Waals surface area contributed by atoms with Crippen LogP contribution >= 0.6 is 11.8 Å². The molecule has 0 atom stereocenters. The van der Waals surface area contributed by atoms with Gasteiger partial charge in [-0.25, -0.2) is 0 Å². The van der Waals surface area contributed by atoms with Crippen LogP contribution in [0.3, 0.4) is 0 Å². The topological polar surface area (TPSA) is 12.0 Å². The van der Waals surface area contributed by atoms with E-state index in [0.717, 1.165) is 0 Å². The van der Waals surface area contributed by atoms with E-state index in [-0.39, 0.29) is 0 Å². The predicted molar refractivity (Wildman–Crippen MR) is 78.5 cm³/mol. The number of hydrogen-bond donors (Lipinski definition) is 1. The molecule has 16 heavy (non-hydrogen) atoms. The quantitative estimate of drug-likeness (QED) is 0.539. The minimum atomic E-state index is 0.476. The van der Waals surface area contributed by atoms with Crippen LogP contribution in [0.15, 0.2) is 0 Å². The molecule has 0 aliphatic carbocycles. The number of thioether (sulfide) groups is 1. The zero-order valence-corrected chi connectivity index (χ0v) is 12.6. The van der Waals surface area contributed by atoms with Crippen LogP contribution in [0.2, 0.25) is 0 Å². The molecule has 0 saturated heterocycles. The summed E-state index contributed by atoms with van der Waals surface area (Å²) in [6.45, 7) is 9.26. The number of unbranched alkanes of at least 4 members (excludes halogenated alkanes) is 4. The molecular formula is C14H31NS. The second kappa shape index (κ2) is 10.5. The minimum Gasteiger partial charge on any atom is -0.315 e. The van der Waals surface area contributed by atoms with E-state index in [1.807, 2.05) is 11.8 Å². The highest BCUT2D eigenvalue weighted by Crippen LogP contribution is 2.29. The molecule has 0 aliphatic rings. The van der Waals surface area contributed by atoms with Gasteiger partial charge in [0, 0.05) is 11.3 Å². The van der Waals surface area contributed by atoms with Crippen LogP contribution in [0.5, 0.6) is 0 Å². The van der Waals surface area contributed by atoms with E-state index in [1.54, 1.807) is 0 Å². The first-order valence-electron chi connectivity index (χ1n) is 7.00. The highest BCUT2D eigenvalue weighted by atomic mass is 32.2. The second-order valence-electron chi connectivity index (χ2n) is 4.69. The van der Waals surface area contributed by atoms with Gasteiger partial charge in [-0.15, -0.1) is 0 Å². The maximum atomic E-state index is 3.64. The van der Waals surface area contributed by atoms with Crippen molar-refractivity contribution in [3.63, 3.8) is 0 Å². The SMILES string of the molecule is CCCCCCCNCC(CC)(CC)SC. The molecule has 0 rings (SSSR count). The zero-order chi connectivity index (χ0) is 12.3. The van der Waals surface area contributed by atoms with Gasteiger partial charge in [-0.3, -0.25) is 0 Å². The maximum Gasteiger partial charge on any atom is 0.0276 e. The Balaban J connectivity index is 3.48. The normalized spacial score (nSPS) is 12.0. The Labute approximate surface area is 107 Å². The van der Waals surface area contributed by atoms with Crippen molar-refractivity contribution < 1.29 is 0 Å². The Morgan fingerprint density at radius 2 is 1.56 bits per heavy atom. The summed E-state index contributed by atoms with van der Waals surface area (Å²) in [6, 6.07) is 0. The average Bonchev–Trinajstić information content (AvgIpc) is 2.34. The molecule has 0 spiro atoms. The van der Waals surface area contributed by atoms with Gasteiger partial charge in [-0.05, 0) is 32.1 Å². The molecule has 98 valence electrons. The van der Waals surface area contributed by atoms with E-state index < -0.39 is 0 Å². The van der Waals surface area contributed by atoms with Crippen molar-refractivity contribution in [2.45, 2.75) is 70.5 Å². The molecule has 0 fully saturated rings. The largest absolute Gasteiger partial charge is 0.315 e. The molecule has 0 bridgehead atoms. The smallest absolute Gasteiger partial charge is 0.0276 e. The minimum absolute atomic E-state index is 0.476. The molecule has 0 radical (unpaired) electrons. The number of nitrogens with one attached hydrogen (secondary N) is 1. The first kappa shape index (κ1) is 16.3. The van der Waals surface area contributed by atoms with Crippen molar-refractivity contribution in [3.8, 4) is 0 Å². The summed E-state index contributed by atoms with van der Waals surface area (Å²) in [4.78, 5) is 0. The predicted octanol–water partition coefficient (Wildman–Crippen LogP) is 4.47.